The Hall–Kier alpha value is -2.80. The highest BCUT2D eigenvalue weighted by Gasteiger charge is 2.60. The van der Waals surface area contributed by atoms with Gasteiger partial charge in [-0.25, -0.2) is 4.79 Å². The molecule has 6 nitrogen and oxygen atoms in total. The molecule has 1 saturated heterocycles. The summed E-state index contributed by atoms with van der Waals surface area (Å²) >= 11 is 12.3. The fourth-order valence-electron chi connectivity index (χ4n) is 4.80. The molecular formula is C25H25Cl2F3N2O4. The van der Waals surface area contributed by atoms with Gasteiger partial charge in [-0.15, -0.1) is 0 Å². The van der Waals surface area contributed by atoms with E-state index in [0.717, 1.165) is 24.0 Å². The predicted octanol–water partition coefficient (Wildman–Crippen LogP) is 6.03. The van der Waals surface area contributed by atoms with E-state index < -0.39 is 35.5 Å². The van der Waals surface area contributed by atoms with Gasteiger partial charge in [-0.3, -0.25) is 10.1 Å². The van der Waals surface area contributed by atoms with Crippen LogP contribution in [0.5, 0.6) is 0 Å². The summed E-state index contributed by atoms with van der Waals surface area (Å²) in [5, 5.41) is 32.2. The third-order valence-corrected chi connectivity index (χ3v) is 6.90. The summed E-state index contributed by atoms with van der Waals surface area (Å²) < 4.78 is 31.7. The summed E-state index contributed by atoms with van der Waals surface area (Å²) in [5.41, 5.74) is 0.430. The maximum atomic E-state index is 12.3. The summed E-state index contributed by atoms with van der Waals surface area (Å²) in [6, 6.07) is 15.7. The molecule has 0 amide bonds. The van der Waals surface area contributed by atoms with Crippen LogP contribution in [0.15, 0.2) is 48.5 Å². The van der Waals surface area contributed by atoms with Crippen LogP contribution in [-0.4, -0.2) is 40.4 Å². The number of carboxylic acids is 2. The molecule has 0 saturated carbocycles. The van der Waals surface area contributed by atoms with Gasteiger partial charge in [0.2, 0.25) is 0 Å². The molecule has 194 valence electrons. The number of alkyl halides is 3. The molecule has 36 heavy (non-hydrogen) atoms. The van der Waals surface area contributed by atoms with E-state index in [1.807, 2.05) is 18.2 Å². The van der Waals surface area contributed by atoms with Crippen LogP contribution in [0.3, 0.4) is 0 Å². The number of carbonyl (C=O) groups is 2. The zero-order chi connectivity index (χ0) is 27.3. The molecule has 0 aromatic heterocycles. The molecule has 0 bridgehead atoms. The predicted molar refractivity (Wildman–Crippen MR) is 129 cm³/mol. The molecule has 4 atom stereocenters. The van der Waals surface area contributed by atoms with Gasteiger partial charge >= 0.3 is 18.1 Å². The third kappa shape index (κ3) is 6.12. The van der Waals surface area contributed by atoms with Crippen LogP contribution >= 0.6 is 23.2 Å². The van der Waals surface area contributed by atoms with Crippen molar-refractivity contribution < 1.29 is 33.0 Å². The van der Waals surface area contributed by atoms with Crippen molar-refractivity contribution in [1.82, 2.24) is 5.32 Å². The monoisotopic (exact) mass is 544 g/mol. The number of hydrogen-bond acceptors (Lipinski definition) is 4. The van der Waals surface area contributed by atoms with Crippen LogP contribution in [0.1, 0.15) is 43.7 Å². The number of rotatable bonds is 6. The van der Waals surface area contributed by atoms with Gasteiger partial charge in [0, 0.05) is 22.0 Å². The lowest BCUT2D eigenvalue weighted by Gasteiger charge is -2.38. The topological polar surface area (TPSA) is 110 Å². The van der Waals surface area contributed by atoms with Gasteiger partial charge in [0.1, 0.15) is 11.5 Å². The Balaban J connectivity index is 0.000000572. The van der Waals surface area contributed by atoms with Crippen LogP contribution in [0.2, 0.25) is 10.0 Å². The average Bonchev–Trinajstić information content (AvgIpc) is 3.16. The Morgan fingerprint density at radius 1 is 1.08 bits per heavy atom. The van der Waals surface area contributed by atoms with E-state index in [4.69, 9.17) is 33.1 Å². The van der Waals surface area contributed by atoms with E-state index >= 15 is 0 Å². The first-order chi connectivity index (χ1) is 16.8. The summed E-state index contributed by atoms with van der Waals surface area (Å²) in [7, 11) is 0. The molecule has 0 aliphatic carbocycles. The van der Waals surface area contributed by atoms with Crippen LogP contribution < -0.4 is 5.32 Å². The zero-order valence-corrected chi connectivity index (χ0v) is 20.9. The second-order valence-corrected chi connectivity index (χ2v) is 9.23. The van der Waals surface area contributed by atoms with E-state index in [1.54, 1.807) is 30.3 Å². The van der Waals surface area contributed by atoms with Crippen LogP contribution in [-0.2, 0) is 15.0 Å². The van der Waals surface area contributed by atoms with E-state index in [-0.39, 0.29) is 12.0 Å². The summed E-state index contributed by atoms with van der Waals surface area (Å²) in [6.45, 7) is 4.14. The van der Waals surface area contributed by atoms with Gasteiger partial charge in [-0.1, -0.05) is 74.2 Å². The molecule has 1 heterocycles. The number of nitrogens with one attached hydrogen (secondary N) is 1. The lowest BCUT2D eigenvalue weighted by molar-refractivity contribution is -0.192. The van der Waals surface area contributed by atoms with Crippen molar-refractivity contribution in [2.24, 2.45) is 5.92 Å². The molecule has 1 aliphatic heterocycles. The van der Waals surface area contributed by atoms with Crippen LogP contribution in [0.4, 0.5) is 13.2 Å². The molecule has 3 rings (SSSR count). The van der Waals surface area contributed by atoms with E-state index in [1.165, 1.54) is 0 Å². The Kier molecular flexibility index (Phi) is 9.78. The van der Waals surface area contributed by atoms with Crippen molar-refractivity contribution in [1.29, 1.82) is 5.26 Å². The summed E-state index contributed by atoms with van der Waals surface area (Å²) in [4.78, 5) is 21.2. The quantitative estimate of drug-likeness (QED) is 0.409. The Morgan fingerprint density at radius 2 is 1.64 bits per heavy atom. The number of nitrogens with zero attached hydrogens (tertiary/aromatic N) is 1. The van der Waals surface area contributed by atoms with Gasteiger partial charge in [0.05, 0.1) is 6.07 Å². The van der Waals surface area contributed by atoms with Crippen LogP contribution in [0.25, 0.3) is 0 Å². The minimum atomic E-state index is -5.08. The normalized spacial score (nSPS) is 23.5. The van der Waals surface area contributed by atoms with Crippen molar-refractivity contribution >= 4 is 35.1 Å². The van der Waals surface area contributed by atoms with E-state index in [9.17, 15) is 28.3 Å². The lowest BCUT2D eigenvalue weighted by Crippen LogP contribution is -2.46. The van der Waals surface area contributed by atoms with Gasteiger partial charge in [-0.05, 0) is 41.3 Å². The van der Waals surface area contributed by atoms with Crippen molar-refractivity contribution in [3.8, 4) is 6.07 Å². The average molecular weight is 545 g/mol. The fourth-order valence-corrected chi connectivity index (χ4v) is 5.13. The van der Waals surface area contributed by atoms with Crippen LogP contribution in [0, 0.1) is 17.2 Å². The Labute approximate surface area is 216 Å². The number of aliphatic carboxylic acids is 2. The van der Waals surface area contributed by atoms with Gasteiger partial charge in [0.25, 0.3) is 0 Å². The molecule has 1 aliphatic rings. The molecule has 1 fully saturated rings. The minimum Gasteiger partial charge on any atom is -0.480 e. The number of carboxylic acid groups (broad SMARTS) is 2. The molecule has 4 unspecified atom stereocenters. The first-order valence-corrected chi connectivity index (χ1v) is 11.8. The van der Waals surface area contributed by atoms with Crippen molar-refractivity contribution in [2.75, 3.05) is 0 Å². The standard InChI is InChI=1S/C23H24Cl2N2O2.C2HF3O2/c1-3-14(4-2)21-23(13-26,16-8-10-17(24)11-9-16)19(20(27-21)22(28)29)15-6-5-7-18(25)12-15;3-2(4,5)1(6)7/h5-12,14,19-21,27H,3-4H2,1-2H3,(H,28,29);(H,6,7). The Bertz CT molecular complexity index is 1120. The maximum Gasteiger partial charge on any atom is 0.490 e. The second kappa shape index (κ2) is 12.0. The Morgan fingerprint density at radius 3 is 2.06 bits per heavy atom. The highest BCUT2D eigenvalue weighted by atomic mass is 35.5. The van der Waals surface area contributed by atoms with Gasteiger partial charge in [-0.2, -0.15) is 18.4 Å². The number of benzene rings is 2. The first kappa shape index (κ1) is 29.4. The molecule has 2 aromatic rings. The van der Waals surface area contributed by atoms with Gasteiger partial charge < -0.3 is 10.2 Å². The summed E-state index contributed by atoms with van der Waals surface area (Å²) in [6.07, 6.45) is -3.42. The minimum absolute atomic E-state index is 0.136. The number of hydrogen-bond donors (Lipinski definition) is 3. The zero-order valence-electron chi connectivity index (χ0n) is 19.4. The van der Waals surface area contributed by atoms with Crippen molar-refractivity contribution in [3.05, 3.63) is 69.7 Å². The van der Waals surface area contributed by atoms with Crippen molar-refractivity contribution in [3.63, 3.8) is 0 Å². The molecule has 2 aromatic carbocycles. The largest absolute Gasteiger partial charge is 0.490 e. The third-order valence-electron chi connectivity index (χ3n) is 6.42. The van der Waals surface area contributed by atoms with Gasteiger partial charge in [0.15, 0.2) is 0 Å². The molecule has 0 radical (unpaired) electrons. The fraction of sp³-hybridized carbons (Fsp3) is 0.400. The number of halogens is 5. The smallest absolute Gasteiger partial charge is 0.480 e. The number of nitriles is 1. The molecule has 11 heteroatoms. The first-order valence-electron chi connectivity index (χ1n) is 11.0. The van der Waals surface area contributed by atoms with E-state index in [2.05, 4.69) is 25.2 Å². The van der Waals surface area contributed by atoms with E-state index in [0.29, 0.717) is 10.0 Å². The molecule has 3 N–H and O–H groups in total. The highest BCUT2D eigenvalue weighted by molar-refractivity contribution is 6.30. The second-order valence-electron chi connectivity index (χ2n) is 8.36. The molecular weight excluding hydrogens is 520 g/mol. The SMILES string of the molecule is CCC(CC)C1NC(C(=O)O)C(c2cccc(Cl)c2)C1(C#N)c1ccc(Cl)cc1.O=C(O)C(F)(F)F. The lowest BCUT2D eigenvalue weighted by atomic mass is 9.62. The van der Waals surface area contributed by atoms with Crippen molar-refractivity contribution in [2.45, 2.75) is 56.3 Å². The molecule has 0 spiro atoms. The highest BCUT2D eigenvalue weighted by Crippen LogP contribution is 2.51. The maximum absolute atomic E-state index is 12.3. The summed E-state index contributed by atoms with van der Waals surface area (Å²) in [5.74, 6) is -4.20.